The number of para-hydroxylation sites is 2. The number of aromatic nitrogens is 4. The van der Waals surface area contributed by atoms with Gasteiger partial charge in [0.15, 0.2) is 17.5 Å². The van der Waals surface area contributed by atoms with Gasteiger partial charge in [-0.05, 0) is 65.7 Å². The minimum atomic E-state index is 0.613. The molecule has 0 radical (unpaired) electrons. The molecule has 12 rings (SSSR count). The van der Waals surface area contributed by atoms with Gasteiger partial charge in [0.1, 0.15) is 11.2 Å². The summed E-state index contributed by atoms with van der Waals surface area (Å²) in [7, 11) is 0. The normalized spacial score (nSPS) is 11.9. The largest absolute Gasteiger partial charge is 0.456 e. The molecule has 266 valence electrons. The Labute approximate surface area is 330 Å². The van der Waals surface area contributed by atoms with Crippen molar-refractivity contribution in [1.82, 2.24) is 19.5 Å². The second-order valence-corrected chi connectivity index (χ2v) is 15.4. The van der Waals surface area contributed by atoms with E-state index in [1.165, 1.54) is 47.7 Å². The van der Waals surface area contributed by atoms with Crippen LogP contribution in [-0.4, -0.2) is 19.5 Å². The number of nitrogens with zero attached hydrogens (tertiary/aromatic N) is 4. The highest BCUT2D eigenvalue weighted by atomic mass is 32.1. The highest BCUT2D eigenvalue weighted by molar-refractivity contribution is 7.26. The van der Waals surface area contributed by atoms with Crippen molar-refractivity contribution in [2.75, 3.05) is 0 Å². The fourth-order valence-corrected chi connectivity index (χ4v) is 9.64. The van der Waals surface area contributed by atoms with E-state index >= 15 is 0 Å². The van der Waals surface area contributed by atoms with Gasteiger partial charge in [0.2, 0.25) is 0 Å². The van der Waals surface area contributed by atoms with Crippen LogP contribution >= 0.6 is 11.3 Å². The summed E-state index contributed by atoms with van der Waals surface area (Å²) in [5.74, 6) is 1.88. The molecule has 0 spiro atoms. The molecule has 0 aliphatic rings. The van der Waals surface area contributed by atoms with Gasteiger partial charge in [-0.3, -0.25) is 0 Å². The van der Waals surface area contributed by atoms with Crippen LogP contribution in [0.3, 0.4) is 0 Å². The Morgan fingerprint density at radius 1 is 0.404 bits per heavy atom. The smallest absolute Gasteiger partial charge is 0.164 e. The van der Waals surface area contributed by atoms with Crippen LogP contribution in [0.2, 0.25) is 0 Å². The molecule has 8 aromatic carbocycles. The van der Waals surface area contributed by atoms with E-state index in [1.54, 1.807) is 0 Å². The molecule has 5 nitrogen and oxygen atoms in total. The van der Waals surface area contributed by atoms with Gasteiger partial charge in [0.05, 0.1) is 21.4 Å². The lowest BCUT2D eigenvalue weighted by molar-refractivity contribution is 0.669. The quantitative estimate of drug-likeness (QED) is 0.176. The molecule has 57 heavy (non-hydrogen) atoms. The molecular formula is C51H30N4OS. The molecule has 0 aliphatic carbocycles. The first kappa shape index (κ1) is 31.9. The van der Waals surface area contributed by atoms with E-state index in [4.69, 9.17) is 19.4 Å². The van der Waals surface area contributed by atoms with Crippen LogP contribution in [0, 0.1) is 0 Å². The summed E-state index contributed by atoms with van der Waals surface area (Å²) in [6.45, 7) is 0. The molecule has 0 saturated heterocycles. The van der Waals surface area contributed by atoms with E-state index in [2.05, 4.69) is 114 Å². The summed E-state index contributed by atoms with van der Waals surface area (Å²) in [5.41, 5.74) is 10.3. The first-order chi connectivity index (χ1) is 28.2. The Hall–Kier alpha value is -7.41. The molecule has 6 heteroatoms. The molecule has 4 aromatic heterocycles. The third kappa shape index (κ3) is 5.04. The maximum Gasteiger partial charge on any atom is 0.164 e. The van der Waals surface area contributed by atoms with Crippen LogP contribution in [-0.2, 0) is 0 Å². The number of fused-ring (bicyclic) bond motifs is 9. The summed E-state index contributed by atoms with van der Waals surface area (Å²) in [5, 5.41) is 7.11. The monoisotopic (exact) mass is 746 g/mol. The average molecular weight is 747 g/mol. The van der Waals surface area contributed by atoms with Crippen LogP contribution in [0.5, 0.6) is 0 Å². The van der Waals surface area contributed by atoms with Crippen molar-refractivity contribution in [3.63, 3.8) is 0 Å². The third-order valence-corrected chi connectivity index (χ3v) is 12.3. The summed E-state index contributed by atoms with van der Waals surface area (Å²) >= 11 is 1.86. The Morgan fingerprint density at radius 3 is 1.68 bits per heavy atom. The van der Waals surface area contributed by atoms with Crippen molar-refractivity contribution < 1.29 is 4.42 Å². The maximum atomic E-state index is 6.51. The van der Waals surface area contributed by atoms with Crippen molar-refractivity contribution in [2.45, 2.75) is 0 Å². The predicted octanol–water partition coefficient (Wildman–Crippen LogP) is 13.9. The Kier molecular flexibility index (Phi) is 7.03. The maximum absolute atomic E-state index is 6.51. The van der Waals surface area contributed by atoms with Crippen molar-refractivity contribution >= 4 is 75.3 Å². The fourth-order valence-electron chi connectivity index (χ4n) is 8.45. The van der Waals surface area contributed by atoms with Crippen molar-refractivity contribution in [3.8, 4) is 51.0 Å². The van der Waals surface area contributed by atoms with Crippen molar-refractivity contribution in [3.05, 3.63) is 182 Å². The van der Waals surface area contributed by atoms with Crippen LogP contribution < -0.4 is 0 Å². The minimum absolute atomic E-state index is 0.613. The molecule has 4 heterocycles. The summed E-state index contributed by atoms with van der Waals surface area (Å²) in [4.78, 5) is 14.9. The number of rotatable bonds is 5. The van der Waals surface area contributed by atoms with E-state index in [0.717, 1.165) is 49.8 Å². The standard InChI is InChI=1S/C51H30N4OS/c1-3-13-31(14-4-1)49-52-50(32-15-5-2-6-16-32)54-51(53-49)34-25-27-44-40(30-34)47-35(19-12-24-45(47)56-44)33-26-28-46-39(29-33)38-20-11-23-43(48(38)57-46)55-41-21-9-7-17-36(41)37-18-8-10-22-42(37)55/h1-30H. The molecule has 0 aliphatic heterocycles. The zero-order valence-corrected chi connectivity index (χ0v) is 31.2. The van der Waals surface area contributed by atoms with Crippen LogP contribution in [0.15, 0.2) is 186 Å². The van der Waals surface area contributed by atoms with Gasteiger partial charge in [-0.1, -0.05) is 127 Å². The van der Waals surface area contributed by atoms with Crippen LogP contribution in [0.4, 0.5) is 0 Å². The van der Waals surface area contributed by atoms with E-state index in [9.17, 15) is 0 Å². The summed E-state index contributed by atoms with van der Waals surface area (Å²) in [6.07, 6.45) is 0. The zero-order valence-electron chi connectivity index (χ0n) is 30.4. The Balaban J connectivity index is 1.02. The molecule has 0 amide bonds. The topological polar surface area (TPSA) is 56.7 Å². The average Bonchev–Trinajstić information content (AvgIpc) is 3.96. The lowest BCUT2D eigenvalue weighted by Gasteiger charge is -2.09. The predicted molar refractivity (Wildman–Crippen MR) is 236 cm³/mol. The zero-order chi connectivity index (χ0) is 37.5. The van der Waals surface area contributed by atoms with E-state index in [-0.39, 0.29) is 0 Å². The SMILES string of the molecule is c1ccc(-c2nc(-c3ccccc3)nc(-c3ccc4oc5cccc(-c6ccc7sc8c(-n9c%10ccccc%10c%10ccccc%109)cccc8c7c6)c5c4c3)n2)cc1. The molecule has 0 unspecified atom stereocenters. The number of thiophene rings is 1. The second kappa shape index (κ2) is 12.6. The van der Waals surface area contributed by atoms with Gasteiger partial charge in [0.25, 0.3) is 0 Å². The second-order valence-electron chi connectivity index (χ2n) is 14.4. The highest BCUT2D eigenvalue weighted by Crippen LogP contribution is 2.44. The lowest BCUT2D eigenvalue weighted by atomic mass is 9.97. The number of hydrogen-bond acceptors (Lipinski definition) is 5. The lowest BCUT2D eigenvalue weighted by Crippen LogP contribution is -2.00. The third-order valence-electron chi connectivity index (χ3n) is 11.1. The van der Waals surface area contributed by atoms with E-state index in [0.29, 0.717) is 17.5 Å². The van der Waals surface area contributed by atoms with Crippen molar-refractivity contribution in [2.24, 2.45) is 0 Å². The molecule has 12 aromatic rings. The van der Waals surface area contributed by atoms with Gasteiger partial charge >= 0.3 is 0 Å². The van der Waals surface area contributed by atoms with Gasteiger partial charge in [-0.15, -0.1) is 11.3 Å². The van der Waals surface area contributed by atoms with Crippen LogP contribution in [0.1, 0.15) is 0 Å². The molecular weight excluding hydrogens is 717 g/mol. The van der Waals surface area contributed by atoms with Gasteiger partial charge in [-0.2, -0.15) is 0 Å². The number of benzene rings is 8. The number of furan rings is 1. The first-order valence-corrected chi connectivity index (χ1v) is 19.8. The van der Waals surface area contributed by atoms with Gasteiger partial charge in [0, 0.05) is 53.7 Å². The Bertz CT molecular complexity index is 3420. The fraction of sp³-hybridized carbons (Fsp3) is 0. The number of hydrogen-bond donors (Lipinski definition) is 0. The summed E-state index contributed by atoms with van der Waals surface area (Å²) in [6, 6.07) is 63.8. The highest BCUT2D eigenvalue weighted by Gasteiger charge is 2.19. The van der Waals surface area contributed by atoms with E-state index in [1.807, 2.05) is 84.1 Å². The van der Waals surface area contributed by atoms with Gasteiger partial charge < -0.3 is 8.98 Å². The minimum Gasteiger partial charge on any atom is -0.456 e. The van der Waals surface area contributed by atoms with E-state index < -0.39 is 0 Å². The van der Waals surface area contributed by atoms with Crippen LogP contribution in [0.25, 0.3) is 115 Å². The molecule has 0 atom stereocenters. The molecule has 0 N–H and O–H groups in total. The van der Waals surface area contributed by atoms with Crippen molar-refractivity contribution in [1.29, 1.82) is 0 Å². The molecule has 0 fully saturated rings. The van der Waals surface area contributed by atoms with Gasteiger partial charge in [-0.25, -0.2) is 15.0 Å². The molecule has 0 bridgehead atoms. The Morgan fingerprint density at radius 2 is 0.982 bits per heavy atom. The summed E-state index contributed by atoms with van der Waals surface area (Å²) < 4.78 is 11.5. The first-order valence-electron chi connectivity index (χ1n) is 19.0. The molecule has 0 saturated carbocycles.